The Morgan fingerprint density at radius 1 is 1.19 bits per heavy atom. The molecular formula is C18H22N2O. The number of nitrogens with two attached hydrogens (primary N) is 1. The van der Waals surface area contributed by atoms with Gasteiger partial charge < -0.3 is 10.5 Å². The van der Waals surface area contributed by atoms with E-state index >= 15 is 0 Å². The minimum absolute atomic E-state index is 0.498. The van der Waals surface area contributed by atoms with Crippen molar-refractivity contribution in [3.63, 3.8) is 0 Å². The van der Waals surface area contributed by atoms with E-state index in [-0.39, 0.29) is 0 Å². The average Bonchev–Trinajstić information content (AvgIpc) is 2.96. The van der Waals surface area contributed by atoms with Gasteiger partial charge in [-0.25, -0.2) is 0 Å². The molecule has 0 aromatic heterocycles. The molecular weight excluding hydrogens is 260 g/mol. The van der Waals surface area contributed by atoms with Crippen LogP contribution in [0.3, 0.4) is 0 Å². The van der Waals surface area contributed by atoms with Crippen LogP contribution in [0.15, 0.2) is 48.5 Å². The normalized spacial score (nSPS) is 18.8. The second-order valence-corrected chi connectivity index (χ2v) is 5.61. The maximum atomic E-state index is 5.93. The molecule has 0 radical (unpaired) electrons. The number of anilines is 1. The highest BCUT2D eigenvalue weighted by Gasteiger charge is 2.26. The number of rotatable bonds is 4. The molecule has 0 saturated carbocycles. The van der Waals surface area contributed by atoms with Gasteiger partial charge in [0.25, 0.3) is 0 Å². The van der Waals surface area contributed by atoms with Crippen molar-refractivity contribution >= 4 is 5.69 Å². The summed E-state index contributed by atoms with van der Waals surface area (Å²) < 4.78 is 5.47. The average molecular weight is 282 g/mol. The third-order valence-corrected chi connectivity index (χ3v) is 4.23. The smallest absolute Gasteiger partial charge is 0.123 e. The molecule has 0 bridgehead atoms. The van der Waals surface area contributed by atoms with Gasteiger partial charge in [0.05, 0.1) is 7.11 Å². The minimum atomic E-state index is 0.498. The first-order chi connectivity index (χ1) is 10.3. The van der Waals surface area contributed by atoms with Crippen LogP contribution < -0.4 is 10.5 Å². The van der Waals surface area contributed by atoms with E-state index in [0.717, 1.165) is 24.5 Å². The zero-order chi connectivity index (χ0) is 14.7. The number of hydrogen-bond donors (Lipinski definition) is 1. The largest absolute Gasteiger partial charge is 0.496 e. The first kappa shape index (κ1) is 14.0. The molecule has 1 fully saturated rings. The number of benzene rings is 2. The molecule has 110 valence electrons. The quantitative estimate of drug-likeness (QED) is 0.871. The van der Waals surface area contributed by atoms with Crippen molar-refractivity contribution in [3.8, 4) is 5.75 Å². The van der Waals surface area contributed by atoms with Crippen molar-refractivity contribution in [2.75, 3.05) is 19.4 Å². The maximum Gasteiger partial charge on any atom is 0.123 e. The Morgan fingerprint density at radius 3 is 2.76 bits per heavy atom. The summed E-state index contributed by atoms with van der Waals surface area (Å²) in [7, 11) is 1.72. The van der Waals surface area contributed by atoms with E-state index < -0.39 is 0 Å². The topological polar surface area (TPSA) is 38.5 Å². The molecule has 0 amide bonds. The van der Waals surface area contributed by atoms with Crippen LogP contribution in [-0.4, -0.2) is 18.6 Å². The van der Waals surface area contributed by atoms with Crippen LogP contribution in [0.5, 0.6) is 5.75 Å². The van der Waals surface area contributed by atoms with E-state index in [2.05, 4.69) is 35.2 Å². The van der Waals surface area contributed by atoms with E-state index in [1.54, 1.807) is 7.11 Å². The lowest BCUT2D eigenvalue weighted by atomic mass is 10.0. The Balaban J connectivity index is 1.82. The molecule has 0 spiro atoms. The van der Waals surface area contributed by atoms with Crippen LogP contribution >= 0.6 is 0 Å². The standard InChI is InChI=1S/C18H22N2O/c1-21-18-10-9-16(19)12-15(18)13-20-11-5-8-17(20)14-6-3-2-4-7-14/h2-4,6-7,9-10,12,17H,5,8,11,13,19H2,1H3. The van der Waals surface area contributed by atoms with Crippen LogP contribution in [-0.2, 0) is 6.54 Å². The molecule has 1 unspecified atom stereocenters. The number of ether oxygens (including phenoxy) is 1. The summed E-state index contributed by atoms with van der Waals surface area (Å²) in [6.07, 6.45) is 2.46. The molecule has 3 nitrogen and oxygen atoms in total. The second-order valence-electron chi connectivity index (χ2n) is 5.61. The molecule has 2 aromatic rings. The highest BCUT2D eigenvalue weighted by Crippen LogP contribution is 2.34. The maximum absolute atomic E-state index is 5.93. The Hall–Kier alpha value is -2.00. The van der Waals surface area contributed by atoms with Gasteiger partial charge in [0.1, 0.15) is 5.75 Å². The van der Waals surface area contributed by atoms with E-state index in [0.29, 0.717) is 6.04 Å². The molecule has 1 heterocycles. The SMILES string of the molecule is COc1ccc(N)cc1CN1CCCC1c1ccccc1. The third-order valence-electron chi connectivity index (χ3n) is 4.23. The summed E-state index contributed by atoms with van der Waals surface area (Å²) in [5, 5.41) is 0. The summed E-state index contributed by atoms with van der Waals surface area (Å²) in [4.78, 5) is 2.52. The molecule has 1 aliphatic heterocycles. The summed E-state index contributed by atoms with van der Waals surface area (Å²) in [6, 6.07) is 17.1. The third kappa shape index (κ3) is 3.03. The van der Waals surface area contributed by atoms with Crippen LogP contribution in [0, 0.1) is 0 Å². The van der Waals surface area contributed by atoms with E-state index in [1.165, 1.54) is 24.0 Å². The van der Waals surface area contributed by atoms with Gasteiger partial charge in [-0.15, -0.1) is 0 Å². The van der Waals surface area contributed by atoms with Crippen molar-refractivity contribution in [1.29, 1.82) is 0 Å². The molecule has 21 heavy (non-hydrogen) atoms. The fraction of sp³-hybridized carbons (Fsp3) is 0.333. The Bertz CT molecular complexity index is 597. The predicted molar refractivity (Wildman–Crippen MR) is 86.2 cm³/mol. The van der Waals surface area contributed by atoms with Gasteiger partial charge in [0, 0.05) is 23.8 Å². The summed E-state index contributed by atoms with van der Waals surface area (Å²) >= 11 is 0. The fourth-order valence-electron chi connectivity index (χ4n) is 3.21. The first-order valence-electron chi connectivity index (χ1n) is 7.49. The van der Waals surface area contributed by atoms with E-state index in [9.17, 15) is 0 Å². The molecule has 3 rings (SSSR count). The lowest BCUT2D eigenvalue weighted by molar-refractivity contribution is 0.244. The molecule has 1 atom stereocenters. The predicted octanol–water partition coefficient (Wildman–Crippen LogP) is 3.61. The number of nitrogen functional groups attached to an aromatic ring is 1. The van der Waals surface area contributed by atoms with Crippen LogP contribution in [0.25, 0.3) is 0 Å². The lowest BCUT2D eigenvalue weighted by Gasteiger charge is -2.25. The van der Waals surface area contributed by atoms with Crippen molar-refractivity contribution < 1.29 is 4.74 Å². The zero-order valence-electron chi connectivity index (χ0n) is 12.5. The number of likely N-dealkylation sites (tertiary alicyclic amines) is 1. The molecule has 0 aliphatic carbocycles. The second kappa shape index (κ2) is 6.19. The molecule has 1 aliphatic rings. The van der Waals surface area contributed by atoms with Gasteiger partial charge in [-0.1, -0.05) is 30.3 Å². The number of hydrogen-bond acceptors (Lipinski definition) is 3. The molecule has 2 N–H and O–H groups in total. The van der Waals surface area contributed by atoms with Gasteiger partial charge in [-0.2, -0.15) is 0 Å². The van der Waals surface area contributed by atoms with Crippen molar-refractivity contribution in [2.24, 2.45) is 0 Å². The van der Waals surface area contributed by atoms with Crippen molar-refractivity contribution in [2.45, 2.75) is 25.4 Å². The monoisotopic (exact) mass is 282 g/mol. The first-order valence-corrected chi connectivity index (χ1v) is 7.49. The summed E-state index contributed by atoms with van der Waals surface area (Å²) in [6.45, 7) is 2.01. The van der Waals surface area contributed by atoms with Crippen LogP contribution in [0.1, 0.15) is 30.0 Å². The van der Waals surface area contributed by atoms with Gasteiger partial charge in [-0.05, 0) is 43.1 Å². The van der Waals surface area contributed by atoms with Gasteiger partial charge in [-0.3, -0.25) is 4.90 Å². The molecule has 2 aromatic carbocycles. The Labute approximate surface area is 126 Å². The minimum Gasteiger partial charge on any atom is -0.496 e. The summed E-state index contributed by atoms with van der Waals surface area (Å²) in [5.41, 5.74) is 9.29. The van der Waals surface area contributed by atoms with E-state index in [1.807, 2.05) is 18.2 Å². The highest BCUT2D eigenvalue weighted by atomic mass is 16.5. The Kier molecular flexibility index (Phi) is 4.11. The number of methoxy groups -OCH3 is 1. The summed E-state index contributed by atoms with van der Waals surface area (Å²) in [5.74, 6) is 0.919. The van der Waals surface area contributed by atoms with Crippen LogP contribution in [0.4, 0.5) is 5.69 Å². The van der Waals surface area contributed by atoms with Crippen LogP contribution in [0.2, 0.25) is 0 Å². The van der Waals surface area contributed by atoms with Crippen molar-refractivity contribution in [3.05, 3.63) is 59.7 Å². The van der Waals surface area contributed by atoms with E-state index in [4.69, 9.17) is 10.5 Å². The lowest BCUT2D eigenvalue weighted by Crippen LogP contribution is -2.23. The van der Waals surface area contributed by atoms with Gasteiger partial charge >= 0.3 is 0 Å². The Morgan fingerprint density at radius 2 is 2.00 bits per heavy atom. The molecule has 1 saturated heterocycles. The van der Waals surface area contributed by atoms with Crippen molar-refractivity contribution in [1.82, 2.24) is 4.90 Å². The van der Waals surface area contributed by atoms with Gasteiger partial charge in [0.15, 0.2) is 0 Å². The zero-order valence-corrected chi connectivity index (χ0v) is 12.5. The highest BCUT2D eigenvalue weighted by molar-refractivity contribution is 5.48. The van der Waals surface area contributed by atoms with Gasteiger partial charge in [0.2, 0.25) is 0 Å². The molecule has 3 heteroatoms. The number of nitrogens with zero attached hydrogens (tertiary/aromatic N) is 1. The fourth-order valence-corrected chi connectivity index (χ4v) is 3.21.